The predicted molar refractivity (Wildman–Crippen MR) is 67.4 cm³/mol. The molecule has 0 aromatic carbocycles. The van der Waals surface area contributed by atoms with Crippen LogP contribution in [-0.4, -0.2) is 42.1 Å². The van der Waals surface area contributed by atoms with Crippen LogP contribution in [0.1, 0.15) is 30.0 Å². The van der Waals surface area contributed by atoms with Crippen LogP contribution in [0.4, 0.5) is 0 Å². The van der Waals surface area contributed by atoms with Crippen LogP contribution in [0.3, 0.4) is 0 Å². The van der Waals surface area contributed by atoms with Crippen molar-refractivity contribution in [2.45, 2.75) is 32.5 Å². The van der Waals surface area contributed by atoms with Crippen molar-refractivity contribution in [1.29, 1.82) is 0 Å². The molecule has 0 bridgehead atoms. The molecular formula is C13H20N2O3. The maximum atomic E-state index is 12.3. The normalized spacial score (nSPS) is 23.1. The summed E-state index contributed by atoms with van der Waals surface area (Å²) < 4.78 is 11.0. The molecule has 2 heterocycles. The average molecular weight is 252 g/mol. The van der Waals surface area contributed by atoms with Gasteiger partial charge in [0.15, 0.2) is 0 Å². The molecule has 0 spiro atoms. The first kappa shape index (κ1) is 13.1. The van der Waals surface area contributed by atoms with E-state index in [4.69, 9.17) is 14.9 Å². The molecule has 18 heavy (non-hydrogen) atoms. The molecule has 1 amide bonds. The molecule has 0 saturated carbocycles. The molecule has 5 nitrogen and oxygen atoms in total. The summed E-state index contributed by atoms with van der Waals surface area (Å²) in [6, 6.07) is 1.75. The van der Waals surface area contributed by atoms with Gasteiger partial charge in [0.2, 0.25) is 0 Å². The van der Waals surface area contributed by atoms with Crippen LogP contribution in [0.25, 0.3) is 0 Å². The Morgan fingerprint density at radius 3 is 2.89 bits per heavy atom. The van der Waals surface area contributed by atoms with Crippen LogP contribution < -0.4 is 5.73 Å². The second-order valence-electron chi connectivity index (χ2n) is 5.37. The van der Waals surface area contributed by atoms with Gasteiger partial charge in [-0.05, 0) is 26.8 Å². The van der Waals surface area contributed by atoms with Crippen LogP contribution >= 0.6 is 0 Å². The number of rotatable bonds is 2. The molecule has 0 radical (unpaired) electrons. The topological polar surface area (TPSA) is 68.7 Å². The van der Waals surface area contributed by atoms with Gasteiger partial charge in [0.05, 0.1) is 17.3 Å². The van der Waals surface area contributed by atoms with Gasteiger partial charge in [-0.2, -0.15) is 0 Å². The zero-order valence-electron chi connectivity index (χ0n) is 11.1. The van der Waals surface area contributed by atoms with Crippen molar-refractivity contribution in [3.05, 3.63) is 23.7 Å². The largest absolute Gasteiger partial charge is 0.469 e. The Morgan fingerprint density at radius 1 is 1.61 bits per heavy atom. The van der Waals surface area contributed by atoms with E-state index in [1.807, 2.05) is 20.8 Å². The summed E-state index contributed by atoms with van der Waals surface area (Å²) in [6.07, 6.45) is 1.39. The third-order valence-corrected chi connectivity index (χ3v) is 3.01. The number of ether oxygens (including phenoxy) is 1. The molecule has 1 aliphatic heterocycles. The highest BCUT2D eigenvalue weighted by atomic mass is 16.5. The van der Waals surface area contributed by atoms with E-state index < -0.39 is 0 Å². The maximum Gasteiger partial charge on any atom is 0.257 e. The number of furan rings is 1. The van der Waals surface area contributed by atoms with E-state index in [1.165, 1.54) is 6.26 Å². The number of nitrogens with two attached hydrogens (primary N) is 1. The van der Waals surface area contributed by atoms with Crippen LogP contribution in [0.15, 0.2) is 16.7 Å². The molecule has 1 aromatic rings. The van der Waals surface area contributed by atoms with Gasteiger partial charge in [-0.15, -0.1) is 0 Å². The summed E-state index contributed by atoms with van der Waals surface area (Å²) in [7, 11) is 0. The van der Waals surface area contributed by atoms with Crippen molar-refractivity contribution >= 4 is 5.91 Å². The Morgan fingerprint density at radius 2 is 2.33 bits per heavy atom. The van der Waals surface area contributed by atoms with Crippen molar-refractivity contribution in [3.63, 3.8) is 0 Å². The van der Waals surface area contributed by atoms with Crippen LogP contribution in [0.2, 0.25) is 0 Å². The van der Waals surface area contributed by atoms with Crippen molar-refractivity contribution in [2.75, 3.05) is 19.6 Å². The summed E-state index contributed by atoms with van der Waals surface area (Å²) in [6.45, 7) is 7.27. The zero-order valence-corrected chi connectivity index (χ0v) is 11.1. The lowest BCUT2D eigenvalue weighted by molar-refractivity contribution is -0.122. The Bertz CT molecular complexity index is 439. The van der Waals surface area contributed by atoms with Gasteiger partial charge in [0, 0.05) is 19.6 Å². The molecule has 1 unspecified atom stereocenters. The Kier molecular flexibility index (Phi) is 3.45. The Labute approximate surface area is 107 Å². The highest BCUT2D eigenvalue weighted by molar-refractivity contribution is 5.94. The lowest BCUT2D eigenvalue weighted by atomic mass is 10.0. The smallest absolute Gasteiger partial charge is 0.257 e. The van der Waals surface area contributed by atoms with E-state index in [2.05, 4.69) is 0 Å². The van der Waals surface area contributed by atoms with Gasteiger partial charge < -0.3 is 19.8 Å². The fourth-order valence-corrected chi connectivity index (χ4v) is 2.31. The van der Waals surface area contributed by atoms with E-state index in [1.54, 1.807) is 11.0 Å². The van der Waals surface area contributed by atoms with Crippen LogP contribution in [-0.2, 0) is 4.74 Å². The molecule has 5 heteroatoms. The SMILES string of the molecule is Cc1cc(C(=O)N2CC(CN)OC(C)(C)C2)co1. The van der Waals surface area contributed by atoms with E-state index >= 15 is 0 Å². The molecule has 1 aromatic heterocycles. The van der Waals surface area contributed by atoms with Gasteiger partial charge >= 0.3 is 0 Å². The second-order valence-corrected chi connectivity index (χ2v) is 5.37. The van der Waals surface area contributed by atoms with Crippen LogP contribution in [0.5, 0.6) is 0 Å². The highest BCUT2D eigenvalue weighted by Crippen LogP contribution is 2.22. The Hall–Kier alpha value is -1.33. The van der Waals surface area contributed by atoms with E-state index in [-0.39, 0.29) is 17.6 Å². The average Bonchev–Trinajstić information content (AvgIpc) is 2.72. The number of hydrogen-bond donors (Lipinski definition) is 1. The summed E-state index contributed by atoms with van der Waals surface area (Å²) >= 11 is 0. The summed E-state index contributed by atoms with van der Waals surface area (Å²) in [5.41, 5.74) is 5.87. The number of nitrogens with zero attached hydrogens (tertiary/aromatic N) is 1. The third-order valence-electron chi connectivity index (χ3n) is 3.01. The first-order valence-electron chi connectivity index (χ1n) is 6.13. The predicted octanol–water partition coefficient (Wildman–Crippen LogP) is 1.17. The standard InChI is InChI=1S/C13H20N2O3/c1-9-4-10(7-17-9)12(16)15-6-11(5-14)18-13(2,3)8-15/h4,7,11H,5-6,8,14H2,1-3H3. The quantitative estimate of drug-likeness (QED) is 0.857. The first-order valence-corrected chi connectivity index (χ1v) is 6.13. The molecule has 1 saturated heterocycles. The number of hydrogen-bond acceptors (Lipinski definition) is 4. The van der Waals surface area contributed by atoms with E-state index in [0.29, 0.717) is 25.2 Å². The lowest BCUT2D eigenvalue weighted by Crippen LogP contribution is -2.56. The zero-order chi connectivity index (χ0) is 13.3. The van der Waals surface area contributed by atoms with Crippen molar-refractivity contribution in [2.24, 2.45) is 5.73 Å². The molecule has 2 N–H and O–H groups in total. The van der Waals surface area contributed by atoms with Gasteiger partial charge in [0.25, 0.3) is 5.91 Å². The van der Waals surface area contributed by atoms with E-state index in [0.717, 1.165) is 5.76 Å². The van der Waals surface area contributed by atoms with Gasteiger partial charge in [-0.25, -0.2) is 0 Å². The minimum Gasteiger partial charge on any atom is -0.469 e. The fraction of sp³-hybridized carbons (Fsp3) is 0.615. The number of carbonyl (C=O) groups excluding carboxylic acids is 1. The first-order chi connectivity index (χ1) is 8.41. The van der Waals surface area contributed by atoms with E-state index in [9.17, 15) is 4.79 Å². The molecular weight excluding hydrogens is 232 g/mol. The summed E-state index contributed by atoms with van der Waals surface area (Å²) in [5.74, 6) is 0.711. The van der Waals surface area contributed by atoms with Crippen molar-refractivity contribution in [1.82, 2.24) is 4.90 Å². The minimum absolute atomic E-state index is 0.0262. The number of carbonyl (C=O) groups is 1. The monoisotopic (exact) mass is 252 g/mol. The number of aryl methyl sites for hydroxylation is 1. The van der Waals surface area contributed by atoms with Gasteiger partial charge in [-0.3, -0.25) is 4.79 Å². The maximum absolute atomic E-state index is 12.3. The lowest BCUT2D eigenvalue weighted by Gasteiger charge is -2.42. The fourth-order valence-electron chi connectivity index (χ4n) is 2.31. The van der Waals surface area contributed by atoms with Crippen LogP contribution in [0, 0.1) is 6.92 Å². The molecule has 0 aliphatic carbocycles. The molecule has 1 aliphatic rings. The second kappa shape index (κ2) is 4.74. The van der Waals surface area contributed by atoms with Crippen molar-refractivity contribution < 1.29 is 13.9 Å². The minimum atomic E-state index is -0.364. The third kappa shape index (κ3) is 2.73. The van der Waals surface area contributed by atoms with Crippen molar-refractivity contribution in [3.8, 4) is 0 Å². The molecule has 100 valence electrons. The molecule has 1 fully saturated rings. The summed E-state index contributed by atoms with van der Waals surface area (Å²) in [4.78, 5) is 14.1. The molecule has 1 atom stereocenters. The number of amides is 1. The van der Waals surface area contributed by atoms with Gasteiger partial charge in [-0.1, -0.05) is 0 Å². The Balaban J connectivity index is 2.14. The summed E-state index contributed by atoms with van der Waals surface area (Å²) in [5, 5.41) is 0. The van der Waals surface area contributed by atoms with Gasteiger partial charge in [0.1, 0.15) is 12.0 Å². The highest BCUT2D eigenvalue weighted by Gasteiger charge is 2.35. The molecule has 2 rings (SSSR count). The number of morpholine rings is 1.